The molecular weight excluding hydrogens is 462 g/mol. The summed E-state index contributed by atoms with van der Waals surface area (Å²) in [6.07, 6.45) is 7.56. The highest BCUT2D eigenvalue weighted by Gasteiger charge is 2.36. The van der Waals surface area contributed by atoms with Crippen LogP contribution in [0.25, 0.3) is 10.9 Å². The molecule has 1 aromatic carbocycles. The van der Waals surface area contributed by atoms with Crippen molar-refractivity contribution in [3.63, 3.8) is 0 Å². The Labute approximate surface area is 191 Å². The van der Waals surface area contributed by atoms with Gasteiger partial charge >= 0.3 is 6.09 Å². The van der Waals surface area contributed by atoms with Crippen LogP contribution in [-0.4, -0.2) is 50.2 Å². The van der Waals surface area contributed by atoms with E-state index >= 15 is 0 Å². The first-order chi connectivity index (χ1) is 14.7. The van der Waals surface area contributed by atoms with Gasteiger partial charge in [0.15, 0.2) is 6.23 Å². The Hall–Kier alpha value is -1.80. The van der Waals surface area contributed by atoms with E-state index in [1.165, 1.54) is 0 Å². The van der Waals surface area contributed by atoms with Gasteiger partial charge in [0, 0.05) is 22.7 Å². The van der Waals surface area contributed by atoms with E-state index in [1.807, 2.05) is 37.7 Å². The fourth-order valence-electron chi connectivity index (χ4n) is 4.92. The first-order valence-electron chi connectivity index (χ1n) is 11.2. The van der Waals surface area contributed by atoms with Gasteiger partial charge in [-0.05, 0) is 77.8 Å². The zero-order valence-electron chi connectivity index (χ0n) is 18.5. The van der Waals surface area contributed by atoms with Crippen LogP contribution in [0.4, 0.5) is 4.79 Å². The number of ether oxygens (including phenoxy) is 2. The van der Waals surface area contributed by atoms with Crippen molar-refractivity contribution in [2.24, 2.45) is 0 Å². The van der Waals surface area contributed by atoms with Crippen molar-refractivity contribution in [1.29, 1.82) is 0 Å². The molecule has 1 atom stereocenters. The molecule has 1 unspecified atom stereocenters. The molecule has 4 rings (SSSR count). The smallest absolute Gasteiger partial charge is 0.407 e. The van der Waals surface area contributed by atoms with E-state index in [2.05, 4.69) is 27.1 Å². The predicted octanol–water partition coefficient (Wildman–Crippen LogP) is 5.97. The Balaban J connectivity index is 1.48. The minimum atomic E-state index is -0.845. The number of hydrogen-bond donors (Lipinski definition) is 1. The second-order valence-corrected chi connectivity index (χ2v) is 10.5. The maximum absolute atomic E-state index is 11.8. The van der Waals surface area contributed by atoms with Gasteiger partial charge in [-0.1, -0.05) is 15.9 Å². The zero-order chi connectivity index (χ0) is 22.2. The average molecular weight is 494 g/mol. The molecule has 1 aliphatic carbocycles. The molecule has 8 heteroatoms. The molecule has 1 aliphatic heterocycles. The average Bonchev–Trinajstić information content (AvgIpc) is 3.12. The molecule has 1 N–H and O–H groups in total. The van der Waals surface area contributed by atoms with E-state index < -0.39 is 11.6 Å². The number of amides is 1. The van der Waals surface area contributed by atoms with Crippen molar-refractivity contribution in [2.45, 2.75) is 89.6 Å². The lowest BCUT2D eigenvalue weighted by atomic mass is 9.89. The summed E-state index contributed by atoms with van der Waals surface area (Å²) in [7, 11) is 0. The normalized spacial score (nSPS) is 24.8. The topological polar surface area (TPSA) is 76.8 Å². The number of carboxylic acid groups (broad SMARTS) is 1. The van der Waals surface area contributed by atoms with Crippen molar-refractivity contribution < 1.29 is 19.4 Å². The molecule has 7 nitrogen and oxygen atoms in total. The molecule has 0 bridgehead atoms. The van der Waals surface area contributed by atoms with Crippen LogP contribution >= 0.6 is 15.9 Å². The van der Waals surface area contributed by atoms with E-state index in [-0.39, 0.29) is 18.4 Å². The van der Waals surface area contributed by atoms with Crippen LogP contribution in [0.3, 0.4) is 0 Å². The number of benzene rings is 1. The largest absolute Gasteiger partial charge is 0.490 e. The molecule has 2 aromatic rings. The van der Waals surface area contributed by atoms with Gasteiger partial charge in [0.2, 0.25) is 0 Å². The summed E-state index contributed by atoms with van der Waals surface area (Å²) in [5.41, 5.74) is 0.603. The van der Waals surface area contributed by atoms with Crippen LogP contribution in [0.15, 0.2) is 22.8 Å². The van der Waals surface area contributed by atoms with Crippen molar-refractivity contribution in [3.8, 4) is 5.75 Å². The maximum Gasteiger partial charge on any atom is 0.407 e. The van der Waals surface area contributed by atoms with E-state index in [0.717, 1.165) is 72.7 Å². The Morgan fingerprint density at radius 1 is 1.23 bits per heavy atom. The zero-order valence-corrected chi connectivity index (χ0v) is 20.1. The van der Waals surface area contributed by atoms with Crippen molar-refractivity contribution >= 4 is 32.9 Å². The van der Waals surface area contributed by atoms with Crippen LogP contribution in [-0.2, 0) is 4.74 Å². The van der Waals surface area contributed by atoms with Gasteiger partial charge in [0.1, 0.15) is 5.75 Å². The molecular formula is C23H32BrN3O4. The summed E-state index contributed by atoms with van der Waals surface area (Å²) in [6, 6.07) is 4.10. The van der Waals surface area contributed by atoms with E-state index in [0.29, 0.717) is 0 Å². The van der Waals surface area contributed by atoms with Gasteiger partial charge in [-0.3, -0.25) is 0 Å². The monoisotopic (exact) mass is 493 g/mol. The third-order valence-corrected chi connectivity index (χ3v) is 6.76. The molecule has 2 heterocycles. The van der Waals surface area contributed by atoms with Crippen LogP contribution in [0.1, 0.15) is 71.9 Å². The number of carbonyl (C=O) groups is 1. The highest BCUT2D eigenvalue weighted by Crippen LogP contribution is 2.36. The van der Waals surface area contributed by atoms with E-state index in [1.54, 1.807) is 4.90 Å². The van der Waals surface area contributed by atoms with Gasteiger partial charge in [0.05, 0.1) is 23.2 Å². The van der Waals surface area contributed by atoms with Crippen LogP contribution in [0, 0.1) is 0 Å². The van der Waals surface area contributed by atoms with Gasteiger partial charge < -0.3 is 19.5 Å². The number of rotatable bonds is 4. The number of nitrogens with zero attached hydrogens (tertiary/aromatic N) is 3. The summed E-state index contributed by atoms with van der Waals surface area (Å²) in [4.78, 5) is 13.4. The molecule has 170 valence electrons. The second kappa shape index (κ2) is 8.98. The second-order valence-electron chi connectivity index (χ2n) is 9.62. The highest BCUT2D eigenvalue weighted by atomic mass is 79.9. The lowest BCUT2D eigenvalue weighted by Gasteiger charge is -2.42. The Morgan fingerprint density at radius 3 is 2.58 bits per heavy atom. The molecule has 1 aromatic heterocycles. The number of halogens is 1. The lowest BCUT2D eigenvalue weighted by Crippen LogP contribution is -2.52. The van der Waals surface area contributed by atoms with Crippen molar-refractivity contribution in [1.82, 2.24) is 14.7 Å². The maximum atomic E-state index is 11.8. The number of hydrogen-bond acceptors (Lipinski definition) is 4. The summed E-state index contributed by atoms with van der Waals surface area (Å²) in [5, 5.41) is 15.3. The number of fused-ring (bicyclic) bond motifs is 1. The predicted molar refractivity (Wildman–Crippen MR) is 123 cm³/mol. The minimum Gasteiger partial charge on any atom is -0.490 e. The molecule has 1 amide bonds. The summed E-state index contributed by atoms with van der Waals surface area (Å²) in [6.45, 7) is 6.63. The van der Waals surface area contributed by atoms with Crippen LogP contribution < -0.4 is 4.74 Å². The Bertz CT molecular complexity index is 925. The fraction of sp³-hybridized carbons (Fsp3) is 0.652. The lowest BCUT2D eigenvalue weighted by molar-refractivity contribution is -0.0366. The van der Waals surface area contributed by atoms with E-state index in [4.69, 9.17) is 9.47 Å². The molecule has 0 spiro atoms. The Kier molecular flexibility index (Phi) is 6.49. The molecule has 2 fully saturated rings. The molecule has 1 saturated carbocycles. The van der Waals surface area contributed by atoms with Crippen LogP contribution in [0.5, 0.6) is 5.75 Å². The fourth-order valence-corrected chi connectivity index (χ4v) is 5.34. The highest BCUT2D eigenvalue weighted by molar-refractivity contribution is 9.10. The standard InChI is InChI=1S/C23H32BrN3O4/c1-23(2,3)26(22(28)29)16-7-9-17(10-8-16)31-20-13-15(24)12-19-18(20)14-25-27(19)21-6-4-5-11-30-21/h12-14,16-17,21H,4-11H2,1-3H3,(H,28,29). The quantitative estimate of drug-likeness (QED) is 0.567. The molecule has 1 saturated heterocycles. The van der Waals surface area contributed by atoms with Crippen LogP contribution in [0.2, 0.25) is 0 Å². The van der Waals surface area contributed by atoms with Gasteiger partial charge in [0.25, 0.3) is 0 Å². The van der Waals surface area contributed by atoms with Gasteiger partial charge in [-0.15, -0.1) is 0 Å². The third kappa shape index (κ3) is 4.85. The van der Waals surface area contributed by atoms with Crippen molar-refractivity contribution in [3.05, 3.63) is 22.8 Å². The molecule has 31 heavy (non-hydrogen) atoms. The third-order valence-electron chi connectivity index (χ3n) is 6.30. The summed E-state index contributed by atoms with van der Waals surface area (Å²) in [5.74, 6) is 0.820. The van der Waals surface area contributed by atoms with Gasteiger partial charge in [-0.2, -0.15) is 5.10 Å². The first-order valence-corrected chi connectivity index (χ1v) is 12.0. The van der Waals surface area contributed by atoms with E-state index in [9.17, 15) is 9.90 Å². The molecule has 0 radical (unpaired) electrons. The molecule has 2 aliphatic rings. The van der Waals surface area contributed by atoms with Gasteiger partial charge in [-0.25, -0.2) is 9.48 Å². The SMILES string of the molecule is CC(C)(C)N(C(=O)O)C1CCC(Oc2cc(Br)cc3c2cnn3C2CCCCO2)CC1. The minimum absolute atomic E-state index is 0.0248. The number of aromatic nitrogens is 2. The summed E-state index contributed by atoms with van der Waals surface area (Å²) >= 11 is 3.62. The Morgan fingerprint density at radius 2 is 1.97 bits per heavy atom. The summed E-state index contributed by atoms with van der Waals surface area (Å²) < 4.78 is 15.3. The first kappa shape index (κ1) is 22.4. The van der Waals surface area contributed by atoms with Crippen molar-refractivity contribution in [2.75, 3.05) is 6.61 Å².